The molecule has 0 spiro atoms. The van der Waals surface area contributed by atoms with Crippen LogP contribution < -0.4 is 10.1 Å². The molecule has 1 amide bonds. The van der Waals surface area contributed by atoms with E-state index in [0.717, 1.165) is 0 Å². The number of aromatic nitrogens is 3. The standard InChI is InChI=1S/C17H16N4O2/c1-11(2)23-15-6-4-3-5-13(15)21-17(22)12-9-14-16(20-10-12)19-8-7-18-14/h3-11H,1-2H3,(H,21,22). The van der Waals surface area contributed by atoms with Gasteiger partial charge in [-0.3, -0.25) is 9.78 Å². The molecule has 0 saturated heterocycles. The van der Waals surface area contributed by atoms with Crippen LogP contribution in [0.3, 0.4) is 0 Å². The monoisotopic (exact) mass is 308 g/mol. The predicted octanol–water partition coefficient (Wildman–Crippen LogP) is 3.06. The van der Waals surface area contributed by atoms with Crippen molar-refractivity contribution in [3.63, 3.8) is 0 Å². The van der Waals surface area contributed by atoms with E-state index in [4.69, 9.17) is 4.74 Å². The number of fused-ring (bicyclic) bond motifs is 1. The molecule has 0 saturated carbocycles. The number of nitrogens with zero attached hydrogens (tertiary/aromatic N) is 3. The summed E-state index contributed by atoms with van der Waals surface area (Å²) in [5.74, 6) is 0.356. The highest BCUT2D eigenvalue weighted by molar-refractivity contribution is 6.06. The summed E-state index contributed by atoms with van der Waals surface area (Å²) in [7, 11) is 0. The number of rotatable bonds is 4. The van der Waals surface area contributed by atoms with E-state index in [9.17, 15) is 4.79 Å². The zero-order chi connectivity index (χ0) is 16.2. The van der Waals surface area contributed by atoms with Gasteiger partial charge in [-0.05, 0) is 32.0 Å². The Morgan fingerprint density at radius 2 is 1.91 bits per heavy atom. The van der Waals surface area contributed by atoms with Crippen molar-refractivity contribution in [1.82, 2.24) is 15.0 Å². The fourth-order valence-electron chi connectivity index (χ4n) is 2.10. The molecule has 0 fully saturated rings. The molecule has 0 aliphatic heterocycles. The minimum absolute atomic E-state index is 0.0191. The van der Waals surface area contributed by atoms with Crippen LogP contribution in [-0.2, 0) is 0 Å². The van der Waals surface area contributed by atoms with Crippen molar-refractivity contribution in [1.29, 1.82) is 0 Å². The highest BCUT2D eigenvalue weighted by atomic mass is 16.5. The van der Waals surface area contributed by atoms with Gasteiger partial charge in [0, 0.05) is 18.6 Å². The molecule has 0 bridgehead atoms. The normalized spacial score (nSPS) is 10.7. The Balaban J connectivity index is 1.86. The van der Waals surface area contributed by atoms with Crippen LogP contribution in [0.15, 0.2) is 48.9 Å². The van der Waals surface area contributed by atoms with Crippen LogP contribution in [0.1, 0.15) is 24.2 Å². The third-order valence-corrected chi connectivity index (χ3v) is 3.08. The quantitative estimate of drug-likeness (QED) is 0.801. The molecule has 3 aromatic rings. The van der Waals surface area contributed by atoms with E-state index in [1.54, 1.807) is 24.5 Å². The largest absolute Gasteiger partial charge is 0.489 e. The first kappa shape index (κ1) is 14.9. The second kappa shape index (κ2) is 6.39. The Bertz CT molecular complexity index is 849. The summed E-state index contributed by atoms with van der Waals surface area (Å²) in [5.41, 5.74) is 2.11. The first-order valence-corrected chi connectivity index (χ1v) is 7.27. The molecule has 1 N–H and O–H groups in total. The highest BCUT2D eigenvalue weighted by Gasteiger charge is 2.12. The van der Waals surface area contributed by atoms with Crippen molar-refractivity contribution in [2.75, 3.05) is 5.32 Å². The lowest BCUT2D eigenvalue weighted by Gasteiger charge is -2.14. The molecule has 2 aromatic heterocycles. The minimum Gasteiger partial charge on any atom is -0.489 e. The van der Waals surface area contributed by atoms with Gasteiger partial charge in [0.25, 0.3) is 5.91 Å². The number of carbonyl (C=O) groups excluding carboxylic acids is 1. The van der Waals surface area contributed by atoms with E-state index in [1.165, 1.54) is 6.20 Å². The number of amides is 1. The Morgan fingerprint density at radius 1 is 1.13 bits per heavy atom. The van der Waals surface area contributed by atoms with E-state index < -0.39 is 0 Å². The van der Waals surface area contributed by atoms with Gasteiger partial charge >= 0.3 is 0 Å². The highest BCUT2D eigenvalue weighted by Crippen LogP contribution is 2.25. The van der Waals surface area contributed by atoms with Gasteiger partial charge in [0.1, 0.15) is 11.3 Å². The van der Waals surface area contributed by atoms with Gasteiger partial charge in [-0.25, -0.2) is 9.97 Å². The summed E-state index contributed by atoms with van der Waals surface area (Å²) >= 11 is 0. The summed E-state index contributed by atoms with van der Waals surface area (Å²) in [6.45, 7) is 3.87. The van der Waals surface area contributed by atoms with Gasteiger partial charge in [0.15, 0.2) is 5.65 Å². The maximum Gasteiger partial charge on any atom is 0.257 e. The molecule has 116 valence electrons. The van der Waals surface area contributed by atoms with Crippen LogP contribution in [0.5, 0.6) is 5.75 Å². The van der Waals surface area contributed by atoms with Crippen LogP contribution in [0.4, 0.5) is 5.69 Å². The maximum atomic E-state index is 12.4. The van der Waals surface area contributed by atoms with Gasteiger partial charge in [-0.15, -0.1) is 0 Å². The average Bonchev–Trinajstić information content (AvgIpc) is 2.55. The van der Waals surface area contributed by atoms with Crippen LogP contribution in [-0.4, -0.2) is 27.0 Å². The lowest BCUT2D eigenvalue weighted by atomic mass is 10.2. The predicted molar refractivity (Wildman–Crippen MR) is 87.5 cm³/mol. The molecule has 0 atom stereocenters. The molecule has 0 aliphatic rings. The van der Waals surface area contributed by atoms with E-state index >= 15 is 0 Å². The Morgan fingerprint density at radius 3 is 2.74 bits per heavy atom. The summed E-state index contributed by atoms with van der Waals surface area (Å²) < 4.78 is 5.70. The van der Waals surface area contributed by atoms with Crippen LogP contribution in [0, 0.1) is 0 Å². The molecular weight excluding hydrogens is 292 g/mol. The van der Waals surface area contributed by atoms with Gasteiger partial charge in [-0.1, -0.05) is 12.1 Å². The van der Waals surface area contributed by atoms with Gasteiger partial charge < -0.3 is 10.1 Å². The number of ether oxygens (including phenoxy) is 1. The number of anilines is 1. The molecule has 0 unspecified atom stereocenters. The van der Waals surface area contributed by atoms with Crippen molar-refractivity contribution in [2.24, 2.45) is 0 Å². The number of para-hydroxylation sites is 2. The summed E-state index contributed by atoms with van der Waals surface area (Å²) in [4.78, 5) is 24.8. The third-order valence-electron chi connectivity index (χ3n) is 3.08. The minimum atomic E-state index is -0.273. The average molecular weight is 308 g/mol. The molecule has 3 rings (SSSR count). The number of nitrogens with one attached hydrogen (secondary N) is 1. The molecule has 23 heavy (non-hydrogen) atoms. The molecule has 0 aliphatic carbocycles. The lowest BCUT2D eigenvalue weighted by Crippen LogP contribution is -2.14. The topological polar surface area (TPSA) is 77.0 Å². The first-order chi connectivity index (χ1) is 11.1. The van der Waals surface area contributed by atoms with Gasteiger partial charge in [0.2, 0.25) is 0 Å². The van der Waals surface area contributed by atoms with Crippen LogP contribution in [0.25, 0.3) is 11.2 Å². The molecule has 2 heterocycles. The van der Waals surface area contributed by atoms with Crippen LogP contribution in [0.2, 0.25) is 0 Å². The lowest BCUT2D eigenvalue weighted by molar-refractivity contribution is 0.102. The molecule has 1 aromatic carbocycles. The van der Waals surface area contributed by atoms with Crippen molar-refractivity contribution in [3.8, 4) is 5.75 Å². The molecule has 6 nitrogen and oxygen atoms in total. The molecular formula is C17H16N4O2. The smallest absolute Gasteiger partial charge is 0.257 e. The molecule has 6 heteroatoms. The van der Waals surface area contributed by atoms with Crippen molar-refractivity contribution >= 4 is 22.8 Å². The molecule has 0 radical (unpaired) electrons. The third kappa shape index (κ3) is 3.42. The zero-order valence-electron chi connectivity index (χ0n) is 12.9. The second-order valence-electron chi connectivity index (χ2n) is 5.24. The SMILES string of the molecule is CC(C)Oc1ccccc1NC(=O)c1cnc2nccnc2c1. The van der Waals surface area contributed by atoms with Gasteiger partial charge in [-0.2, -0.15) is 0 Å². The van der Waals surface area contributed by atoms with Gasteiger partial charge in [0.05, 0.1) is 17.4 Å². The van der Waals surface area contributed by atoms with Crippen LogP contribution >= 0.6 is 0 Å². The first-order valence-electron chi connectivity index (χ1n) is 7.27. The fraction of sp³-hybridized carbons (Fsp3) is 0.176. The Hall–Kier alpha value is -3.02. The van der Waals surface area contributed by atoms with E-state index in [-0.39, 0.29) is 12.0 Å². The Labute approximate surface area is 133 Å². The second-order valence-corrected chi connectivity index (χ2v) is 5.24. The number of carbonyl (C=O) groups is 1. The number of hydrogen-bond donors (Lipinski definition) is 1. The summed E-state index contributed by atoms with van der Waals surface area (Å²) in [6, 6.07) is 8.98. The van der Waals surface area contributed by atoms with E-state index in [0.29, 0.717) is 28.2 Å². The zero-order valence-corrected chi connectivity index (χ0v) is 12.9. The maximum absolute atomic E-state index is 12.4. The fourth-order valence-corrected chi connectivity index (χ4v) is 2.10. The van der Waals surface area contributed by atoms with E-state index in [1.807, 2.05) is 32.0 Å². The Kier molecular flexibility index (Phi) is 4.14. The van der Waals surface area contributed by atoms with Crippen molar-refractivity contribution < 1.29 is 9.53 Å². The number of pyridine rings is 1. The van der Waals surface area contributed by atoms with Crippen molar-refractivity contribution in [3.05, 3.63) is 54.5 Å². The summed E-state index contributed by atoms with van der Waals surface area (Å²) in [5, 5.41) is 2.84. The van der Waals surface area contributed by atoms with E-state index in [2.05, 4.69) is 20.3 Å². The number of benzene rings is 1. The number of hydrogen-bond acceptors (Lipinski definition) is 5. The summed E-state index contributed by atoms with van der Waals surface area (Å²) in [6.07, 6.45) is 4.63. The van der Waals surface area contributed by atoms with Crippen molar-refractivity contribution in [2.45, 2.75) is 20.0 Å².